The fourth-order valence-corrected chi connectivity index (χ4v) is 4.68. The number of benzene rings is 2. The van der Waals surface area contributed by atoms with E-state index in [1.54, 1.807) is 0 Å². The zero-order valence-corrected chi connectivity index (χ0v) is 20.6. The van der Waals surface area contributed by atoms with Gasteiger partial charge in [-0.25, -0.2) is 8.42 Å². The number of rotatable bonds is 6. The minimum absolute atomic E-state index is 0.00259. The minimum Gasteiger partial charge on any atom is -0.383 e. The minimum atomic E-state index is -6.09. The third kappa shape index (κ3) is 5.22. The number of aliphatic hydroxyl groups is 2. The number of hydrogen-bond donors (Lipinski definition) is 3. The lowest BCUT2D eigenvalue weighted by atomic mass is 9.92. The molecule has 8 nitrogen and oxygen atoms in total. The molecule has 208 valence electrons. The van der Waals surface area contributed by atoms with E-state index in [0.717, 1.165) is 11.2 Å². The first kappa shape index (κ1) is 29.4. The van der Waals surface area contributed by atoms with Crippen molar-refractivity contribution < 1.29 is 54.6 Å². The average Bonchev–Trinajstić information content (AvgIpc) is 3.20. The van der Waals surface area contributed by atoms with Crippen LogP contribution in [0, 0.1) is 0 Å². The van der Waals surface area contributed by atoms with Crippen LogP contribution >= 0.6 is 0 Å². The molecule has 15 heteroatoms. The molecule has 3 N–H and O–H groups in total. The summed E-state index contributed by atoms with van der Waals surface area (Å²) < 4.78 is 103. The zero-order valence-electron chi connectivity index (χ0n) is 19.8. The van der Waals surface area contributed by atoms with Gasteiger partial charge in [-0.1, -0.05) is 25.1 Å². The van der Waals surface area contributed by atoms with Crippen molar-refractivity contribution in [2.45, 2.75) is 54.9 Å². The molecule has 2 atom stereocenters. The molecule has 0 fully saturated rings. The Balaban J connectivity index is 1.96. The Morgan fingerprint density at radius 1 is 1.05 bits per heavy atom. The van der Waals surface area contributed by atoms with Crippen LogP contribution in [0.25, 0.3) is 0 Å². The van der Waals surface area contributed by atoms with Gasteiger partial charge in [0.15, 0.2) is 9.84 Å². The monoisotopic (exact) mass is 568 g/mol. The first-order valence-corrected chi connectivity index (χ1v) is 12.8. The summed E-state index contributed by atoms with van der Waals surface area (Å²) in [5.41, 5.74) is -6.43. The Labute approximate surface area is 212 Å². The maximum atomic E-state index is 13.2. The van der Waals surface area contributed by atoms with Crippen LogP contribution in [0.1, 0.15) is 36.1 Å². The fraction of sp³-hybridized carbons (Fsp3) is 0.391. The predicted molar refractivity (Wildman–Crippen MR) is 120 cm³/mol. The number of anilines is 1. The highest BCUT2D eigenvalue weighted by Crippen LogP contribution is 2.50. The summed E-state index contributed by atoms with van der Waals surface area (Å²) in [5, 5.41) is 21.9. The zero-order chi connectivity index (χ0) is 28.8. The number of hydrogen-bond acceptors (Lipinski definition) is 6. The van der Waals surface area contributed by atoms with Crippen molar-refractivity contribution >= 4 is 27.3 Å². The molecule has 1 unspecified atom stereocenters. The van der Waals surface area contributed by atoms with Gasteiger partial charge >= 0.3 is 12.4 Å². The number of alkyl halides is 6. The molecule has 1 heterocycles. The van der Waals surface area contributed by atoms with Crippen molar-refractivity contribution in [1.29, 1.82) is 0 Å². The van der Waals surface area contributed by atoms with Gasteiger partial charge in [-0.15, -0.1) is 0 Å². The van der Waals surface area contributed by atoms with Crippen LogP contribution in [0.4, 0.5) is 32.0 Å². The topological polar surface area (TPSA) is 124 Å². The van der Waals surface area contributed by atoms with E-state index >= 15 is 0 Å². The average molecular weight is 568 g/mol. The van der Waals surface area contributed by atoms with Gasteiger partial charge in [-0.2, -0.15) is 26.3 Å². The summed E-state index contributed by atoms with van der Waals surface area (Å²) in [6.45, 7) is 1.27. The lowest BCUT2D eigenvalue weighted by Gasteiger charge is -2.32. The number of nitrogens with zero attached hydrogens (tertiary/aromatic N) is 1. The smallest absolute Gasteiger partial charge is 0.383 e. The van der Waals surface area contributed by atoms with Crippen LogP contribution in [0.3, 0.4) is 0 Å². The number of amides is 2. The third-order valence-corrected chi connectivity index (χ3v) is 7.19. The van der Waals surface area contributed by atoms with E-state index in [1.165, 1.54) is 25.1 Å². The number of aliphatic hydroxyl groups excluding tert-OH is 1. The molecular formula is C23H22F6N2O6S. The van der Waals surface area contributed by atoms with Crippen molar-refractivity contribution in [3.63, 3.8) is 0 Å². The van der Waals surface area contributed by atoms with E-state index < -0.39 is 57.3 Å². The Bertz CT molecular complexity index is 1330. The van der Waals surface area contributed by atoms with E-state index in [0.29, 0.717) is 29.8 Å². The third-order valence-electron chi connectivity index (χ3n) is 6.08. The summed E-state index contributed by atoms with van der Waals surface area (Å²) in [4.78, 5) is 26.8. The Morgan fingerprint density at radius 2 is 1.61 bits per heavy atom. The molecule has 3 rings (SSSR count). The quantitative estimate of drug-likeness (QED) is 0.460. The number of sulfone groups is 1. The summed E-state index contributed by atoms with van der Waals surface area (Å²) in [5.74, 6) is -1.78. The van der Waals surface area contributed by atoms with Crippen molar-refractivity contribution in [2.24, 2.45) is 0 Å². The molecule has 0 saturated carbocycles. The van der Waals surface area contributed by atoms with Crippen LogP contribution in [0.15, 0.2) is 47.4 Å². The van der Waals surface area contributed by atoms with Crippen LogP contribution < -0.4 is 5.32 Å². The van der Waals surface area contributed by atoms with E-state index in [4.69, 9.17) is 0 Å². The lowest BCUT2D eigenvalue weighted by Crippen LogP contribution is -2.53. The standard InChI is InChI=1S/C23H22F6N2O6S/c1-3-17(32)20(34)31-11-12-10-15(38(2,36)37)8-9-16(12)18(31)19(33)30-14-6-4-13(5-7-14)21(35,22(24,25)26)23(27,28)29/h4-10,17-18,32,35H,3,11H2,1-2H3,(H,30,33)/t17-,18?/m0/s1. The largest absolute Gasteiger partial charge is 0.430 e. The van der Waals surface area contributed by atoms with E-state index in [9.17, 15) is 54.6 Å². The lowest BCUT2D eigenvalue weighted by molar-refractivity contribution is -0.376. The highest BCUT2D eigenvalue weighted by molar-refractivity contribution is 7.90. The summed E-state index contributed by atoms with van der Waals surface area (Å²) in [6, 6.07) is 4.51. The van der Waals surface area contributed by atoms with Gasteiger partial charge in [0.2, 0.25) is 0 Å². The second-order valence-corrected chi connectivity index (χ2v) is 10.7. The SMILES string of the molecule is CC[C@H](O)C(=O)N1Cc2cc(S(C)(=O)=O)ccc2C1C(=O)Nc1ccc(C(O)(C(F)(F)F)C(F)(F)F)cc1. The molecule has 1 aliphatic rings. The summed E-state index contributed by atoms with van der Waals surface area (Å²) in [7, 11) is -3.64. The number of carbonyl (C=O) groups is 2. The van der Waals surface area contributed by atoms with Crippen molar-refractivity contribution in [2.75, 3.05) is 11.6 Å². The molecule has 0 radical (unpaired) electrons. The molecule has 0 bridgehead atoms. The van der Waals surface area contributed by atoms with Crippen molar-refractivity contribution in [1.82, 2.24) is 4.90 Å². The van der Waals surface area contributed by atoms with E-state index in [1.807, 2.05) is 0 Å². The highest BCUT2D eigenvalue weighted by atomic mass is 32.2. The molecule has 0 saturated heterocycles. The van der Waals surface area contributed by atoms with Gasteiger partial charge in [0.1, 0.15) is 12.1 Å². The molecule has 0 aromatic heterocycles. The van der Waals surface area contributed by atoms with Crippen LogP contribution in [0.5, 0.6) is 0 Å². The maximum absolute atomic E-state index is 13.2. The molecule has 2 aromatic carbocycles. The normalized spacial score (nSPS) is 17.2. The van der Waals surface area contributed by atoms with Crippen molar-refractivity contribution in [3.8, 4) is 0 Å². The van der Waals surface area contributed by atoms with Crippen LogP contribution in [-0.2, 0) is 31.6 Å². The van der Waals surface area contributed by atoms with Gasteiger partial charge in [0.05, 0.1) is 4.90 Å². The highest BCUT2D eigenvalue weighted by Gasteiger charge is 2.71. The Hall–Kier alpha value is -3.17. The maximum Gasteiger partial charge on any atom is 0.430 e. The second kappa shape index (κ2) is 9.85. The van der Waals surface area contributed by atoms with E-state index in [2.05, 4.69) is 5.32 Å². The molecular weight excluding hydrogens is 546 g/mol. The van der Waals surface area contributed by atoms with Crippen LogP contribution in [0.2, 0.25) is 0 Å². The van der Waals surface area contributed by atoms with Gasteiger partial charge in [0, 0.05) is 24.1 Å². The number of fused-ring (bicyclic) bond motifs is 1. The summed E-state index contributed by atoms with van der Waals surface area (Å²) in [6.07, 6.45) is -12.7. The van der Waals surface area contributed by atoms with Gasteiger partial charge in [0.25, 0.3) is 17.4 Å². The second-order valence-electron chi connectivity index (χ2n) is 8.70. The first-order valence-electron chi connectivity index (χ1n) is 10.9. The number of nitrogens with one attached hydrogen (secondary N) is 1. The fourth-order valence-electron chi connectivity index (χ4n) is 4.01. The van der Waals surface area contributed by atoms with E-state index in [-0.39, 0.29) is 29.1 Å². The first-order chi connectivity index (χ1) is 17.3. The molecule has 1 aliphatic heterocycles. The molecule has 38 heavy (non-hydrogen) atoms. The molecule has 0 spiro atoms. The Kier molecular flexibility index (Phi) is 7.62. The molecule has 2 aromatic rings. The van der Waals surface area contributed by atoms with Crippen LogP contribution in [-0.4, -0.2) is 60.1 Å². The molecule has 0 aliphatic carbocycles. The summed E-state index contributed by atoms with van der Waals surface area (Å²) >= 11 is 0. The number of halogens is 6. The number of carbonyl (C=O) groups excluding carboxylic acids is 2. The Morgan fingerprint density at radius 3 is 2.08 bits per heavy atom. The van der Waals surface area contributed by atoms with Crippen molar-refractivity contribution in [3.05, 3.63) is 59.2 Å². The molecule has 2 amide bonds. The van der Waals surface area contributed by atoms with Gasteiger partial charge < -0.3 is 20.4 Å². The van der Waals surface area contributed by atoms with Gasteiger partial charge in [-0.3, -0.25) is 9.59 Å². The van der Waals surface area contributed by atoms with Gasteiger partial charge in [-0.05, 0) is 41.8 Å². The predicted octanol–water partition coefficient (Wildman–Crippen LogP) is 3.20.